The van der Waals surface area contributed by atoms with E-state index in [1.165, 1.54) is 29.8 Å². The molecule has 0 bridgehead atoms. The number of fused-ring (bicyclic) bond motifs is 1. The minimum atomic E-state index is -1.28. The van der Waals surface area contributed by atoms with E-state index in [1.54, 1.807) is 85.4 Å². The maximum absolute atomic E-state index is 14.7. The number of nitrogens with one attached hydrogen (secondary N) is 3. The molecule has 0 radical (unpaired) electrons. The van der Waals surface area contributed by atoms with Gasteiger partial charge in [0.1, 0.15) is 84.6 Å². The molecule has 3 N–H and O–H groups in total. The van der Waals surface area contributed by atoms with Crippen LogP contribution in [0, 0.1) is 31.0 Å². The number of benzene rings is 6. The second-order valence-corrected chi connectivity index (χ2v) is 27.6. The van der Waals surface area contributed by atoms with Gasteiger partial charge in [0.05, 0.1) is 69.2 Å². The quantitative estimate of drug-likeness (QED) is 0.0164. The van der Waals surface area contributed by atoms with Gasteiger partial charge in [0.25, 0.3) is 0 Å². The lowest BCUT2D eigenvalue weighted by Gasteiger charge is -2.42. The lowest BCUT2D eigenvalue weighted by Crippen LogP contribution is -2.57. The number of terminal acetylenes is 1. The molecule has 0 saturated carbocycles. The highest BCUT2D eigenvalue weighted by atomic mass is 35.5. The molecule has 10 rings (SSSR count). The van der Waals surface area contributed by atoms with Crippen molar-refractivity contribution in [3.05, 3.63) is 190 Å². The van der Waals surface area contributed by atoms with E-state index in [4.69, 9.17) is 70.9 Å². The number of rotatable bonds is 30. The molecule has 1 fully saturated rings. The van der Waals surface area contributed by atoms with Crippen molar-refractivity contribution < 1.29 is 65.9 Å². The number of halogens is 2. The average molecular weight is 1430 g/mol. The van der Waals surface area contributed by atoms with Gasteiger partial charge in [-0.15, -0.1) is 17.8 Å². The number of carbonyl (C=O) groups excluding carboxylic acids is 4. The fraction of sp³-hybridized carbons (Fsp3) is 0.333. The summed E-state index contributed by atoms with van der Waals surface area (Å²) in [5.41, 5.74) is 7.15. The minimum Gasteiger partial charge on any atom is -0.497 e. The first-order valence-corrected chi connectivity index (χ1v) is 34.6. The van der Waals surface area contributed by atoms with Crippen molar-refractivity contribution in [1.29, 1.82) is 0 Å². The summed E-state index contributed by atoms with van der Waals surface area (Å²) in [6.07, 6.45) is 6.59. The van der Waals surface area contributed by atoms with Gasteiger partial charge < -0.3 is 58.3 Å². The van der Waals surface area contributed by atoms with Crippen LogP contribution in [0.3, 0.4) is 0 Å². The Hall–Kier alpha value is -10.2. The molecule has 102 heavy (non-hydrogen) atoms. The number of likely N-dealkylation sites (N-methyl/N-ethyl adjacent to an activating group) is 1. The molecule has 2 atom stereocenters. The Morgan fingerprint density at radius 3 is 2.27 bits per heavy atom. The van der Waals surface area contributed by atoms with Crippen molar-refractivity contribution in [3.8, 4) is 74.2 Å². The highest BCUT2D eigenvalue weighted by Crippen LogP contribution is 2.50. The van der Waals surface area contributed by atoms with Gasteiger partial charge in [-0.2, -0.15) is 0 Å². The number of aromatic nitrogens is 4. The number of anilines is 1. The van der Waals surface area contributed by atoms with Crippen molar-refractivity contribution in [3.63, 3.8) is 0 Å². The molecule has 24 heteroatoms. The van der Waals surface area contributed by atoms with Gasteiger partial charge in [0.15, 0.2) is 5.82 Å². The van der Waals surface area contributed by atoms with Gasteiger partial charge in [-0.1, -0.05) is 98.1 Å². The Bertz CT molecular complexity index is 4460. The van der Waals surface area contributed by atoms with E-state index < -0.39 is 47.4 Å². The molecular formula is C78H84ClFN9O12S+. The lowest BCUT2D eigenvalue weighted by atomic mass is 9.96. The van der Waals surface area contributed by atoms with Gasteiger partial charge in [-0.05, 0) is 134 Å². The number of esters is 1. The Morgan fingerprint density at radius 2 is 1.55 bits per heavy atom. The fourth-order valence-corrected chi connectivity index (χ4v) is 13.1. The summed E-state index contributed by atoms with van der Waals surface area (Å²) >= 11 is 8.72. The molecule has 2 unspecified atom stereocenters. The number of quaternary nitrogens is 1. The summed E-state index contributed by atoms with van der Waals surface area (Å²) < 4.78 is 63.5. The Kier molecular flexibility index (Phi) is 25.1. The van der Waals surface area contributed by atoms with E-state index in [1.807, 2.05) is 97.9 Å². The second-order valence-electron chi connectivity index (χ2n) is 26.2. The summed E-state index contributed by atoms with van der Waals surface area (Å²) in [4.78, 5) is 75.9. The summed E-state index contributed by atoms with van der Waals surface area (Å²) in [6, 6.07) is 38.6. The lowest BCUT2D eigenvalue weighted by molar-refractivity contribution is -0.926. The smallest absolute Gasteiger partial charge is 0.408 e. The van der Waals surface area contributed by atoms with Gasteiger partial charge in [0, 0.05) is 53.9 Å². The molecule has 532 valence electrons. The molecule has 0 spiro atoms. The SMILES string of the molecule is C#CCOCc1cc(NC(=O)CNC(=O)C(NC(=O)OC(C)(C)C)C(C)C)ccc1C[N+]1(C)CCN(CCOc2ccc(-c3c(-c4ccc(F)cc4)sc4ncnc(OC(Cc5ccccc5OCc5ccnc(-c6ccccc6OC)n5)C(=O)OCc5ccc(OC)cc5)c34)c(C)c2Cl)CC1. The van der Waals surface area contributed by atoms with E-state index in [9.17, 15) is 23.6 Å². The van der Waals surface area contributed by atoms with Crippen LogP contribution in [0.4, 0.5) is 14.9 Å². The number of thiophene rings is 1. The van der Waals surface area contributed by atoms with Gasteiger partial charge in [0.2, 0.25) is 23.8 Å². The molecule has 1 aliphatic rings. The third-order valence-electron chi connectivity index (χ3n) is 17.2. The largest absolute Gasteiger partial charge is 0.497 e. The Labute approximate surface area is 602 Å². The summed E-state index contributed by atoms with van der Waals surface area (Å²) in [5.74, 6) is 3.04. The first kappa shape index (κ1) is 74.5. The topological polar surface area (TPSA) is 233 Å². The Balaban J connectivity index is 0.833. The third kappa shape index (κ3) is 19.6. The number of hydrogen-bond donors (Lipinski definition) is 3. The molecular weight excluding hydrogens is 1340 g/mol. The van der Waals surface area contributed by atoms with Crippen molar-refractivity contribution in [2.45, 2.75) is 92.1 Å². The number of hydrogen-bond acceptors (Lipinski definition) is 18. The van der Waals surface area contributed by atoms with Crippen LogP contribution in [0.1, 0.15) is 68.1 Å². The van der Waals surface area contributed by atoms with E-state index in [2.05, 4.69) is 38.8 Å². The van der Waals surface area contributed by atoms with E-state index in [0.717, 1.165) is 57.8 Å². The first-order chi connectivity index (χ1) is 49.1. The number of piperazine rings is 1. The van der Waals surface area contributed by atoms with E-state index in [-0.39, 0.29) is 51.2 Å². The zero-order valence-corrected chi connectivity index (χ0v) is 60.2. The average Bonchev–Trinajstić information content (AvgIpc) is 1.58. The number of nitrogens with zero attached hydrogens (tertiary/aromatic N) is 6. The third-order valence-corrected chi connectivity index (χ3v) is 18.8. The van der Waals surface area contributed by atoms with Crippen molar-refractivity contribution in [1.82, 2.24) is 35.5 Å². The van der Waals surface area contributed by atoms with Crippen LogP contribution in [0.2, 0.25) is 5.02 Å². The van der Waals surface area contributed by atoms with Gasteiger partial charge >= 0.3 is 12.1 Å². The standard InChI is InChI=1S/C78H83ClFN9O12S/c1-11-39-96-46-55-41-57(85-66(90)43-82-73(91)70(49(2)3)87-77(93)101-78(5,6)7)27-24-54(55)44-89(8)37-34-88(35-38-89)36-40-97-64-31-30-60(50(4)69(64)79)67-68-74(83-48-84-75(68)102-71(67)52-22-25-56(80)26-23-52)100-65(76(92)99-45-51-20-28-59(94-9)29-21-51)42-53-16-12-14-18-62(53)98-47-58-32-33-81-72(86-58)61-17-13-15-19-63(61)95-10/h1,12-33,41,48-49,65,70H,34-40,42-47H2,2-10H3,(H2-,82,85,87,90,91,93)/p+1. The fourth-order valence-electron chi connectivity index (χ4n) is 11.7. The predicted molar refractivity (Wildman–Crippen MR) is 390 cm³/mol. The number of alkyl carbamates (subject to hydrolysis) is 1. The second kappa shape index (κ2) is 34.4. The van der Waals surface area contributed by atoms with Crippen LogP contribution in [0.25, 0.3) is 43.2 Å². The van der Waals surface area contributed by atoms with Crippen molar-refractivity contribution >= 4 is 62.7 Å². The molecule has 6 aromatic carbocycles. The van der Waals surface area contributed by atoms with Crippen molar-refractivity contribution in [2.75, 3.05) is 79.1 Å². The molecule has 9 aromatic rings. The normalized spacial score (nSPS) is 13.5. The minimum absolute atomic E-state index is 0.00722. The molecule has 1 saturated heterocycles. The van der Waals surface area contributed by atoms with Crippen LogP contribution in [-0.2, 0) is 61.4 Å². The maximum atomic E-state index is 14.7. The zero-order valence-electron chi connectivity index (χ0n) is 58.6. The molecule has 4 heterocycles. The summed E-state index contributed by atoms with van der Waals surface area (Å²) in [5, 5.41) is 9.01. The molecule has 0 aliphatic carbocycles. The monoisotopic (exact) mass is 1420 g/mol. The van der Waals surface area contributed by atoms with Crippen molar-refractivity contribution in [2.24, 2.45) is 5.92 Å². The van der Waals surface area contributed by atoms with Crippen LogP contribution in [0.15, 0.2) is 146 Å². The number of methoxy groups -OCH3 is 2. The zero-order chi connectivity index (χ0) is 72.5. The molecule has 3 amide bonds. The van der Waals surface area contributed by atoms with Gasteiger partial charge in [-0.25, -0.2) is 33.9 Å². The molecule has 1 aliphatic heterocycles. The number of ether oxygens (including phenoxy) is 8. The van der Waals surface area contributed by atoms with Crippen LogP contribution in [0.5, 0.6) is 28.9 Å². The number of amides is 3. The van der Waals surface area contributed by atoms with E-state index in [0.29, 0.717) is 103 Å². The Morgan fingerprint density at radius 1 is 0.804 bits per heavy atom. The van der Waals surface area contributed by atoms with E-state index >= 15 is 0 Å². The number of para-hydroxylation sites is 2. The number of carbonyl (C=O) groups is 4. The summed E-state index contributed by atoms with van der Waals surface area (Å²) in [7, 11) is 5.40. The predicted octanol–water partition coefficient (Wildman–Crippen LogP) is 13.0. The molecule has 21 nitrogen and oxygen atoms in total. The highest BCUT2D eigenvalue weighted by Gasteiger charge is 2.33. The summed E-state index contributed by atoms with van der Waals surface area (Å²) in [6.45, 7) is 15.6. The molecule has 3 aromatic heterocycles. The van der Waals surface area contributed by atoms with Crippen LogP contribution < -0.4 is 39.6 Å². The maximum Gasteiger partial charge on any atom is 0.408 e. The van der Waals surface area contributed by atoms with Gasteiger partial charge in [-0.3, -0.25) is 14.5 Å². The first-order valence-electron chi connectivity index (χ1n) is 33.4. The van der Waals surface area contributed by atoms with Crippen LogP contribution in [-0.4, -0.2) is 145 Å². The van der Waals surface area contributed by atoms with Crippen LogP contribution >= 0.6 is 22.9 Å². The highest BCUT2D eigenvalue weighted by molar-refractivity contribution is 7.22.